The zero-order chi connectivity index (χ0) is 24.9. The normalized spacial score (nSPS) is 18.9. The molecule has 5 rings (SSSR count). The summed E-state index contributed by atoms with van der Waals surface area (Å²) in [7, 11) is 1.56. The van der Waals surface area contributed by atoms with Gasteiger partial charge in [0.05, 0.1) is 19.5 Å². The first-order valence-electron chi connectivity index (χ1n) is 12.6. The van der Waals surface area contributed by atoms with E-state index in [1.807, 2.05) is 4.90 Å². The molecule has 2 aliphatic rings. The number of nitrogens with one attached hydrogen (secondary N) is 1. The summed E-state index contributed by atoms with van der Waals surface area (Å²) < 4.78 is 10.5. The number of hydrogen-bond acceptors (Lipinski definition) is 9. The number of piperidine rings is 1. The Labute approximate surface area is 211 Å². The van der Waals surface area contributed by atoms with Gasteiger partial charge in [0.15, 0.2) is 5.75 Å². The summed E-state index contributed by atoms with van der Waals surface area (Å²) in [5, 5.41) is 7.22. The van der Waals surface area contributed by atoms with E-state index in [1.165, 1.54) is 11.1 Å². The average molecular weight is 492 g/mol. The smallest absolute Gasteiger partial charge is 0.324 e. The van der Waals surface area contributed by atoms with Crippen LogP contribution in [0.4, 0.5) is 6.01 Å². The van der Waals surface area contributed by atoms with Crippen molar-refractivity contribution in [3.05, 3.63) is 47.8 Å². The van der Waals surface area contributed by atoms with Crippen molar-refractivity contribution in [2.24, 2.45) is 11.8 Å². The fraction of sp³-hybridized carbons (Fsp3) is 0.500. The second kappa shape index (κ2) is 11.0. The fourth-order valence-corrected chi connectivity index (χ4v) is 4.87. The Morgan fingerprint density at radius 2 is 1.83 bits per heavy atom. The largest absolute Gasteiger partial charge is 0.494 e. The Hall–Kier alpha value is -3.53. The van der Waals surface area contributed by atoms with Crippen LogP contribution in [0.3, 0.4) is 0 Å². The van der Waals surface area contributed by atoms with Crippen LogP contribution in [0, 0.1) is 18.8 Å². The SMILES string of the molecule is COc1cnc(-c2noc(N3CCC(C(=O)NCC4CCN(Cc5ccc(C)cc5)C4)CC3)n2)nc1. The molecule has 36 heavy (non-hydrogen) atoms. The molecular weight excluding hydrogens is 458 g/mol. The molecule has 0 saturated carbocycles. The van der Waals surface area contributed by atoms with Gasteiger partial charge in [0.2, 0.25) is 17.6 Å². The van der Waals surface area contributed by atoms with Gasteiger partial charge in [0.1, 0.15) is 0 Å². The van der Waals surface area contributed by atoms with Crippen LogP contribution in [0.15, 0.2) is 41.2 Å². The predicted molar refractivity (Wildman–Crippen MR) is 134 cm³/mol. The summed E-state index contributed by atoms with van der Waals surface area (Å²) in [6.45, 7) is 7.34. The Kier molecular flexibility index (Phi) is 7.41. The van der Waals surface area contributed by atoms with Crippen molar-refractivity contribution in [3.63, 3.8) is 0 Å². The lowest BCUT2D eigenvalue weighted by molar-refractivity contribution is -0.125. The molecule has 2 fully saturated rings. The van der Waals surface area contributed by atoms with E-state index >= 15 is 0 Å². The standard InChI is InChI=1S/C26H33N7O3/c1-18-3-5-19(6-4-18)16-32-10-7-20(17-32)13-29-25(34)21-8-11-33(12-9-21)26-30-24(31-36-26)23-27-14-22(35-2)15-28-23/h3-6,14-15,20-21H,7-13,16-17H2,1-2H3,(H,29,34). The molecule has 1 N–H and O–H groups in total. The predicted octanol–water partition coefficient (Wildman–Crippen LogP) is 2.70. The lowest BCUT2D eigenvalue weighted by Crippen LogP contribution is -2.42. The first-order chi connectivity index (χ1) is 17.6. The third-order valence-corrected chi connectivity index (χ3v) is 7.08. The minimum atomic E-state index is 0.0126. The number of methoxy groups -OCH3 is 1. The van der Waals surface area contributed by atoms with Gasteiger partial charge < -0.3 is 19.5 Å². The van der Waals surface area contributed by atoms with Gasteiger partial charge in [0.25, 0.3) is 0 Å². The second-order valence-electron chi connectivity index (χ2n) is 9.73. The molecule has 1 aromatic carbocycles. The highest BCUT2D eigenvalue weighted by Crippen LogP contribution is 2.25. The van der Waals surface area contributed by atoms with Crippen molar-refractivity contribution in [1.29, 1.82) is 0 Å². The van der Waals surface area contributed by atoms with Crippen molar-refractivity contribution >= 4 is 11.9 Å². The molecule has 0 radical (unpaired) electrons. The van der Waals surface area contributed by atoms with E-state index in [0.29, 0.717) is 42.4 Å². The highest BCUT2D eigenvalue weighted by Gasteiger charge is 2.29. The van der Waals surface area contributed by atoms with E-state index in [-0.39, 0.29) is 11.8 Å². The molecule has 2 aliphatic heterocycles. The van der Waals surface area contributed by atoms with Crippen molar-refractivity contribution in [3.8, 4) is 17.4 Å². The number of benzene rings is 1. The maximum Gasteiger partial charge on any atom is 0.324 e. The molecule has 4 heterocycles. The van der Waals surface area contributed by atoms with Gasteiger partial charge in [-0.1, -0.05) is 35.0 Å². The third-order valence-electron chi connectivity index (χ3n) is 7.08. The lowest BCUT2D eigenvalue weighted by atomic mass is 9.96. The Morgan fingerprint density at radius 1 is 1.08 bits per heavy atom. The van der Waals surface area contributed by atoms with E-state index in [4.69, 9.17) is 9.26 Å². The van der Waals surface area contributed by atoms with Gasteiger partial charge in [-0.2, -0.15) is 4.98 Å². The van der Waals surface area contributed by atoms with Crippen LogP contribution >= 0.6 is 0 Å². The first kappa shape index (κ1) is 24.2. The van der Waals surface area contributed by atoms with Crippen LogP contribution in [-0.4, -0.2) is 70.7 Å². The molecule has 2 saturated heterocycles. The quantitative estimate of drug-likeness (QED) is 0.509. The van der Waals surface area contributed by atoms with Gasteiger partial charge in [-0.15, -0.1) is 0 Å². The number of carbonyl (C=O) groups is 1. The van der Waals surface area contributed by atoms with Crippen molar-refractivity contribution < 1.29 is 14.1 Å². The molecule has 1 amide bonds. The van der Waals surface area contributed by atoms with Crippen molar-refractivity contribution in [1.82, 2.24) is 30.3 Å². The molecule has 2 aromatic heterocycles. The molecule has 190 valence electrons. The molecule has 1 unspecified atom stereocenters. The van der Waals surface area contributed by atoms with Crippen LogP contribution in [-0.2, 0) is 11.3 Å². The molecule has 0 bridgehead atoms. The zero-order valence-electron chi connectivity index (χ0n) is 20.9. The average Bonchev–Trinajstić information content (AvgIpc) is 3.59. The first-order valence-corrected chi connectivity index (χ1v) is 12.6. The van der Waals surface area contributed by atoms with Gasteiger partial charge in [-0.3, -0.25) is 9.69 Å². The van der Waals surface area contributed by atoms with E-state index in [0.717, 1.165) is 45.4 Å². The summed E-state index contributed by atoms with van der Waals surface area (Å²) in [5.74, 6) is 1.96. The Bertz CT molecular complexity index is 1140. The minimum Gasteiger partial charge on any atom is -0.494 e. The maximum absolute atomic E-state index is 12.8. The third kappa shape index (κ3) is 5.81. The van der Waals surface area contributed by atoms with Crippen LogP contribution in [0.2, 0.25) is 0 Å². The lowest BCUT2D eigenvalue weighted by Gasteiger charge is -2.30. The molecule has 1 atom stereocenters. The molecule has 10 nitrogen and oxygen atoms in total. The molecule has 10 heteroatoms. The zero-order valence-corrected chi connectivity index (χ0v) is 20.9. The van der Waals surface area contributed by atoms with Crippen molar-refractivity contribution in [2.75, 3.05) is 44.7 Å². The number of anilines is 1. The van der Waals surface area contributed by atoms with E-state index in [9.17, 15) is 4.79 Å². The number of amides is 1. The Morgan fingerprint density at radius 3 is 2.56 bits per heavy atom. The molecule has 3 aromatic rings. The number of nitrogens with zero attached hydrogens (tertiary/aromatic N) is 6. The summed E-state index contributed by atoms with van der Waals surface area (Å²) >= 11 is 0. The highest BCUT2D eigenvalue weighted by molar-refractivity contribution is 5.78. The van der Waals surface area contributed by atoms with Gasteiger partial charge in [-0.05, 0) is 44.2 Å². The summed E-state index contributed by atoms with van der Waals surface area (Å²) in [5.41, 5.74) is 2.64. The highest BCUT2D eigenvalue weighted by atomic mass is 16.5. The number of carbonyl (C=O) groups excluding carboxylic acids is 1. The monoisotopic (exact) mass is 491 g/mol. The molecular formula is C26H33N7O3. The summed E-state index contributed by atoms with van der Waals surface area (Å²) in [4.78, 5) is 30.2. The van der Waals surface area contributed by atoms with Crippen molar-refractivity contribution in [2.45, 2.75) is 32.7 Å². The van der Waals surface area contributed by atoms with Gasteiger partial charge in [-0.25, -0.2) is 9.97 Å². The topological polar surface area (TPSA) is 110 Å². The van der Waals surface area contributed by atoms with E-state index in [2.05, 4.69) is 61.5 Å². The van der Waals surface area contributed by atoms with Gasteiger partial charge in [0, 0.05) is 38.6 Å². The van der Waals surface area contributed by atoms with Crippen LogP contribution in [0.1, 0.15) is 30.4 Å². The van der Waals surface area contributed by atoms with Gasteiger partial charge >= 0.3 is 6.01 Å². The minimum absolute atomic E-state index is 0.0126. The molecule has 0 spiro atoms. The number of rotatable bonds is 8. The number of ether oxygens (including phenoxy) is 1. The van der Waals surface area contributed by atoms with E-state index in [1.54, 1.807) is 19.5 Å². The second-order valence-corrected chi connectivity index (χ2v) is 9.73. The summed E-state index contributed by atoms with van der Waals surface area (Å²) in [6.07, 6.45) is 5.77. The number of hydrogen-bond donors (Lipinski definition) is 1. The van der Waals surface area contributed by atoms with Crippen LogP contribution in [0.5, 0.6) is 5.75 Å². The van der Waals surface area contributed by atoms with Crippen LogP contribution < -0.4 is 15.0 Å². The summed E-state index contributed by atoms with van der Waals surface area (Å²) in [6, 6.07) is 9.18. The number of aromatic nitrogens is 4. The fourth-order valence-electron chi connectivity index (χ4n) is 4.87. The Balaban J connectivity index is 1.04. The van der Waals surface area contributed by atoms with E-state index < -0.39 is 0 Å². The van der Waals surface area contributed by atoms with Crippen LogP contribution in [0.25, 0.3) is 11.6 Å². The maximum atomic E-state index is 12.8. The number of likely N-dealkylation sites (tertiary alicyclic amines) is 1. The number of aryl methyl sites for hydroxylation is 1. The molecule has 0 aliphatic carbocycles.